The molecule has 0 aliphatic carbocycles. The molecule has 0 saturated carbocycles. The van der Waals surface area contributed by atoms with Crippen molar-refractivity contribution in [3.63, 3.8) is 0 Å². The highest BCUT2D eigenvalue weighted by atomic mass is 35.5. The topological polar surface area (TPSA) is 90.3 Å². The minimum atomic E-state index is -0.486. The van der Waals surface area contributed by atoms with Crippen molar-refractivity contribution >= 4 is 50.7 Å². The molecule has 2 aromatic heterocycles. The Kier molecular flexibility index (Phi) is 6.04. The van der Waals surface area contributed by atoms with Crippen molar-refractivity contribution in [3.05, 3.63) is 55.9 Å². The first kappa shape index (κ1) is 21.0. The Labute approximate surface area is 176 Å². The molecule has 29 heavy (non-hydrogen) atoms. The molecular weight excluding hydrogens is 414 g/mol. The highest BCUT2D eigenvalue weighted by Gasteiger charge is 2.21. The Hall–Kier alpha value is -2.71. The van der Waals surface area contributed by atoms with Crippen molar-refractivity contribution in [2.75, 3.05) is 5.32 Å². The summed E-state index contributed by atoms with van der Waals surface area (Å²) in [5.41, 5.74) is 1.56. The summed E-state index contributed by atoms with van der Waals surface area (Å²) in [6, 6.07) is 5.18. The minimum Gasteiger partial charge on any atom is -0.459 e. The summed E-state index contributed by atoms with van der Waals surface area (Å²) in [4.78, 5) is 42.5. The van der Waals surface area contributed by atoms with Gasteiger partial charge in [0.25, 0.3) is 5.56 Å². The number of ether oxygens (including phenoxy) is 1. The summed E-state index contributed by atoms with van der Waals surface area (Å²) in [5.74, 6) is -0.874. The number of nitrogens with zero attached hydrogens (tertiary/aromatic N) is 2. The molecule has 1 aromatic carbocycles. The number of aryl methyl sites for hydroxylation is 2. The molecule has 0 fully saturated rings. The van der Waals surface area contributed by atoms with Gasteiger partial charge < -0.3 is 10.1 Å². The van der Waals surface area contributed by atoms with Crippen LogP contribution in [0.4, 0.5) is 5.69 Å². The fourth-order valence-electron chi connectivity index (χ4n) is 2.76. The van der Waals surface area contributed by atoms with Gasteiger partial charge in [-0.3, -0.25) is 14.2 Å². The van der Waals surface area contributed by atoms with Gasteiger partial charge in [0.1, 0.15) is 16.3 Å². The van der Waals surface area contributed by atoms with Crippen LogP contribution in [-0.4, -0.2) is 27.5 Å². The molecule has 0 radical (unpaired) electrons. The number of rotatable bonds is 5. The van der Waals surface area contributed by atoms with Crippen LogP contribution >= 0.6 is 22.9 Å². The molecule has 1 N–H and O–H groups in total. The van der Waals surface area contributed by atoms with E-state index in [0.717, 1.165) is 16.9 Å². The van der Waals surface area contributed by atoms with Gasteiger partial charge >= 0.3 is 5.97 Å². The van der Waals surface area contributed by atoms with E-state index in [1.54, 1.807) is 39.0 Å². The van der Waals surface area contributed by atoms with Gasteiger partial charge in [-0.25, -0.2) is 9.78 Å². The van der Waals surface area contributed by atoms with E-state index >= 15 is 0 Å². The standard InChI is InChI=1S/C20H20ClN3O4S/c1-10(2)28-20(27)17-12(4)16-18(29-17)22-9-24(19(16)26)8-15(25)23-13-6-5-11(3)14(21)7-13/h5-7,9-10H,8H2,1-4H3,(H,23,25). The molecule has 0 saturated heterocycles. The highest BCUT2D eigenvalue weighted by Crippen LogP contribution is 2.27. The van der Waals surface area contributed by atoms with Crippen molar-refractivity contribution in [2.24, 2.45) is 0 Å². The number of amides is 1. The Balaban J connectivity index is 1.86. The van der Waals surface area contributed by atoms with Gasteiger partial charge in [-0.2, -0.15) is 0 Å². The number of halogens is 1. The van der Waals surface area contributed by atoms with Crippen LogP contribution in [0.3, 0.4) is 0 Å². The van der Waals surface area contributed by atoms with Crippen molar-refractivity contribution in [3.8, 4) is 0 Å². The minimum absolute atomic E-state index is 0.214. The SMILES string of the molecule is Cc1ccc(NC(=O)Cn2cnc3sc(C(=O)OC(C)C)c(C)c3c2=O)cc1Cl. The molecule has 9 heteroatoms. The number of benzene rings is 1. The molecule has 152 valence electrons. The van der Waals surface area contributed by atoms with E-state index < -0.39 is 5.97 Å². The quantitative estimate of drug-likeness (QED) is 0.615. The van der Waals surface area contributed by atoms with Gasteiger partial charge in [-0.1, -0.05) is 17.7 Å². The molecule has 0 unspecified atom stereocenters. The summed E-state index contributed by atoms with van der Waals surface area (Å²) in [6.45, 7) is 6.84. The lowest BCUT2D eigenvalue weighted by molar-refractivity contribution is -0.116. The zero-order valence-electron chi connectivity index (χ0n) is 16.4. The van der Waals surface area contributed by atoms with E-state index in [0.29, 0.717) is 31.4 Å². The second kappa shape index (κ2) is 8.34. The molecule has 0 spiro atoms. The number of anilines is 1. The fraction of sp³-hybridized carbons (Fsp3) is 0.300. The number of thiophene rings is 1. The number of aromatic nitrogens is 2. The molecule has 3 aromatic rings. The van der Waals surface area contributed by atoms with Gasteiger partial charge in [0.15, 0.2) is 0 Å². The van der Waals surface area contributed by atoms with E-state index in [9.17, 15) is 14.4 Å². The van der Waals surface area contributed by atoms with E-state index in [2.05, 4.69) is 10.3 Å². The summed E-state index contributed by atoms with van der Waals surface area (Å²) >= 11 is 7.18. The van der Waals surface area contributed by atoms with Crippen molar-refractivity contribution in [1.82, 2.24) is 9.55 Å². The summed E-state index contributed by atoms with van der Waals surface area (Å²) in [6.07, 6.45) is 1.04. The largest absolute Gasteiger partial charge is 0.459 e. The Morgan fingerprint density at radius 1 is 1.31 bits per heavy atom. The first-order valence-electron chi connectivity index (χ1n) is 8.93. The number of hydrogen-bond donors (Lipinski definition) is 1. The average molecular weight is 434 g/mol. The smallest absolute Gasteiger partial charge is 0.348 e. The summed E-state index contributed by atoms with van der Waals surface area (Å²) in [7, 11) is 0. The lowest BCUT2D eigenvalue weighted by Gasteiger charge is -2.08. The maximum atomic E-state index is 12.9. The second-order valence-corrected chi connectivity index (χ2v) is 8.29. The monoisotopic (exact) mass is 433 g/mol. The predicted octanol–water partition coefficient (Wildman–Crippen LogP) is 3.93. The molecule has 0 aliphatic rings. The first-order valence-corrected chi connectivity index (χ1v) is 10.1. The van der Waals surface area contributed by atoms with Crippen LogP contribution in [0.2, 0.25) is 5.02 Å². The number of carbonyl (C=O) groups excluding carboxylic acids is 2. The summed E-state index contributed by atoms with van der Waals surface area (Å²) < 4.78 is 6.44. The Morgan fingerprint density at radius 3 is 2.69 bits per heavy atom. The third-order valence-electron chi connectivity index (χ3n) is 4.21. The molecule has 3 rings (SSSR count). The van der Waals surface area contributed by atoms with Crippen LogP contribution in [0.5, 0.6) is 0 Å². The number of esters is 1. The zero-order valence-corrected chi connectivity index (χ0v) is 18.0. The second-order valence-electron chi connectivity index (χ2n) is 6.88. The van der Waals surface area contributed by atoms with Crippen molar-refractivity contribution in [1.29, 1.82) is 0 Å². The van der Waals surface area contributed by atoms with Crippen LogP contribution in [0.1, 0.15) is 34.6 Å². The van der Waals surface area contributed by atoms with E-state index in [1.807, 2.05) is 6.92 Å². The Bertz CT molecular complexity index is 1170. The maximum absolute atomic E-state index is 12.9. The van der Waals surface area contributed by atoms with Gasteiger partial charge in [-0.05, 0) is 51.0 Å². The number of nitrogens with one attached hydrogen (secondary N) is 1. The van der Waals surface area contributed by atoms with Crippen molar-refractivity contribution < 1.29 is 14.3 Å². The lowest BCUT2D eigenvalue weighted by Crippen LogP contribution is -2.28. The van der Waals surface area contributed by atoms with Crippen LogP contribution in [-0.2, 0) is 16.1 Å². The van der Waals surface area contributed by atoms with Crippen LogP contribution in [0.15, 0.2) is 29.3 Å². The van der Waals surface area contributed by atoms with Gasteiger partial charge in [0.05, 0.1) is 17.8 Å². The van der Waals surface area contributed by atoms with Crippen LogP contribution in [0, 0.1) is 13.8 Å². The number of fused-ring (bicyclic) bond motifs is 1. The Morgan fingerprint density at radius 2 is 2.03 bits per heavy atom. The third-order valence-corrected chi connectivity index (χ3v) is 5.80. The summed E-state index contributed by atoms with van der Waals surface area (Å²) in [5, 5.41) is 3.57. The van der Waals surface area contributed by atoms with Crippen molar-refractivity contribution in [2.45, 2.75) is 40.3 Å². The lowest BCUT2D eigenvalue weighted by atomic mass is 10.2. The number of carbonyl (C=O) groups is 2. The normalized spacial score (nSPS) is 11.1. The highest BCUT2D eigenvalue weighted by molar-refractivity contribution is 7.20. The van der Waals surface area contributed by atoms with E-state index in [1.165, 1.54) is 10.9 Å². The maximum Gasteiger partial charge on any atom is 0.348 e. The number of hydrogen-bond acceptors (Lipinski definition) is 6. The van der Waals surface area contributed by atoms with Crippen LogP contribution < -0.4 is 10.9 Å². The first-order chi connectivity index (χ1) is 13.7. The predicted molar refractivity (Wildman–Crippen MR) is 114 cm³/mol. The van der Waals surface area contributed by atoms with E-state index in [-0.39, 0.29) is 24.1 Å². The molecule has 0 atom stereocenters. The molecule has 7 nitrogen and oxygen atoms in total. The van der Waals surface area contributed by atoms with Gasteiger partial charge in [-0.15, -0.1) is 11.3 Å². The molecule has 0 bridgehead atoms. The van der Waals surface area contributed by atoms with E-state index in [4.69, 9.17) is 16.3 Å². The molecule has 0 aliphatic heterocycles. The molecule has 1 amide bonds. The van der Waals surface area contributed by atoms with Crippen LogP contribution in [0.25, 0.3) is 10.2 Å². The van der Waals surface area contributed by atoms with Gasteiger partial charge in [0, 0.05) is 10.7 Å². The fourth-order valence-corrected chi connectivity index (χ4v) is 3.96. The zero-order chi connectivity index (χ0) is 21.3. The van der Waals surface area contributed by atoms with Gasteiger partial charge in [0.2, 0.25) is 5.91 Å². The molecule has 2 heterocycles. The molecular formula is C20H20ClN3O4S. The third kappa shape index (κ3) is 4.49. The average Bonchev–Trinajstić information content (AvgIpc) is 2.97.